The molecule has 0 aliphatic rings. The molecule has 2 aromatic carbocycles. The summed E-state index contributed by atoms with van der Waals surface area (Å²) in [5.41, 5.74) is 6.27. The molecule has 0 saturated heterocycles. The first-order valence-corrected chi connectivity index (χ1v) is 6.93. The summed E-state index contributed by atoms with van der Waals surface area (Å²) in [4.78, 5) is 14.5. The molecule has 2 rings (SSSR count). The Morgan fingerprint density at radius 3 is 2.55 bits per heavy atom. The molecule has 0 aromatic heterocycles. The standard InChI is InChI=1S/C16H18N2OS/c1-11(15(17)20)10-18(2)16(19)14-8-7-12-5-3-4-6-13(12)9-14/h3-9,11H,10H2,1-2H3,(H2,17,20). The van der Waals surface area contributed by atoms with Gasteiger partial charge in [0, 0.05) is 25.1 Å². The van der Waals surface area contributed by atoms with Crippen LogP contribution < -0.4 is 5.73 Å². The van der Waals surface area contributed by atoms with Gasteiger partial charge in [-0.15, -0.1) is 0 Å². The van der Waals surface area contributed by atoms with Gasteiger partial charge in [-0.25, -0.2) is 0 Å². The number of carbonyl (C=O) groups is 1. The molecule has 0 bridgehead atoms. The van der Waals surface area contributed by atoms with E-state index in [1.54, 1.807) is 11.9 Å². The second kappa shape index (κ2) is 6.01. The van der Waals surface area contributed by atoms with E-state index < -0.39 is 0 Å². The largest absolute Gasteiger partial charge is 0.393 e. The molecule has 0 fully saturated rings. The average molecular weight is 286 g/mol. The van der Waals surface area contributed by atoms with E-state index in [4.69, 9.17) is 18.0 Å². The van der Waals surface area contributed by atoms with Crippen molar-refractivity contribution in [2.45, 2.75) is 6.92 Å². The minimum atomic E-state index is -0.0150. The van der Waals surface area contributed by atoms with Crippen LogP contribution in [0.3, 0.4) is 0 Å². The molecule has 0 heterocycles. The Morgan fingerprint density at radius 2 is 1.90 bits per heavy atom. The lowest BCUT2D eigenvalue weighted by atomic mass is 10.1. The topological polar surface area (TPSA) is 46.3 Å². The van der Waals surface area contributed by atoms with Gasteiger partial charge in [0.15, 0.2) is 0 Å². The van der Waals surface area contributed by atoms with Gasteiger partial charge >= 0.3 is 0 Å². The smallest absolute Gasteiger partial charge is 0.253 e. The lowest BCUT2D eigenvalue weighted by Gasteiger charge is -2.21. The highest BCUT2D eigenvalue weighted by Gasteiger charge is 2.16. The summed E-state index contributed by atoms with van der Waals surface area (Å²) < 4.78 is 0. The average Bonchev–Trinajstić information content (AvgIpc) is 2.45. The molecule has 2 N–H and O–H groups in total. The molecule has 20 heavy (non-hydrogen) atoms. The number of hydrogen-bond acceptors (Lipinski definition) is 2. The first kappa shape index (κ1) is 14.5. The molecule has 3 nitrogen and oxygen atoms in total. The summed E-state index contributed by atoms with van der Waals surface area (Å²) in [5, 5.41) is 2.19. The highest BCUT2D eigenvalue weighted by molar-refractivity contribution is 7.80. The van der Waals surface area contributed by atoms with E-state index in [0.29, 0.717) is 17.1 Å². The van der Waals surface area contributed by atoms with Crippen LogP contribution in [0.5, 0.6) is 0 Å². The molecule has 104 valence electrons. The number of fused-ring (bicyclic) bond motifs is 1. The van der Waals surface area contributed by atoms with Crippen molar-refractivity contribution in [2.24, 2.45) is 11.7 Å². The quantitative estimate of drug-likeness (QED) is 0.879. The van der Waals surface area contributed by atoms with Gasteiger partial charge in [0.25, 0.3) is 5.91 Å². The van der Waals surface area contributed by atoms with E-state index in [2.05, 4.69) is 0 Å². The maximum absolute atomic E-state index is 12.4. The third kappa shape index (κ3) is 3.14. The van der Waals surface area contributed by atoms with Crippen LogP contribution in [0.15, 0.2) is 42.5 Å². The number of nitrogens with two attached hydrogens (primary N) is 1. The van der Waals surface area contributed by atoms with Crippen molar-refractivity contribution in [1.29, 1.82) is 0 Å². The van der Waals surface area contributed by atoms with E-state index in [9.17, 15) is 4.79 Å². The SMILES string of the molecule is CC(CN(C)C(=O)c1ccc2ccccc2c1)C(N)=S. The predicted octanol–water partition coefficient (Wildman–Crippen LogP) is 2.83. The summed E-state index contributed by atoms with van der Waals surface area (Å²) in [7, 11) is 1.77. The second-order valence-electron chi connectivity index (χ2n) is 5.05. The first-order valence-electron chi connectivity index (χ1n) is 6.52. The number of nitrogens with zero attached hydrogens (tertiary/aromatic N) is 1. The van der Waals surface area contributed by atoms with Crippen LogP contribution in [-0.4, -0.2) is 29.4 Å². The van der Waals surface area contributed by atoms with Crippen molar-refractivity contribution in [3.05, 3.63) is 48.0 Å². The monoisotopic (exact) mass is 286 g/mol. The molecule has 0 aliphatic heterocycles. The highest BCUT2D eigenvalue weighted by Crippen LogP contribution is 2.17. The van der Waals surface area contributed by atoms with Gasteiger partial charge < -0.3 is 10.6 Å². The van der Waals surface area contributed by atoms with E-state index >= 15 is 0 Å². The predicted molar refractivity (Wildman–Crippen MR) is 86.9 cm³/mol. The highest BCUT2D eigenvalue weighted by atomic mass is 32.1. The molecule has 1 unspecified atom stereocenters. The molecular formula is C16H18N2OS. The number of hydrogen-bond donors (Lipinski definition) is 1. The van der Waals surface area contributed by atoms with Gasteiger partial charge in [-0.2, -0.15) is 0 Å². The molecule has 1 atom stereocenters. The van der Waals surface area contributed by atoms with E-state index in [1.165, 1.54) is 0 Å². The Balaban J connectivity index is 2.20. The summed E-state index contributed by atoms with van der Waals surface area (Å²) in [5.74, 6) is -0.00161. The Bertz CT molecular complexity index is 654. The van der Waals surface area contributed by atoms with Crippen LogP contribution >= 0.6 is 12.2 Å². The van der Waals surface area contributed by atoms with Gasteiger partial charge in [-0.05, 0) is 22.9 Å². The fraction of sp³-hybridized carbons (Fsp3) is 0.250. The van der Waals surface area contributed by atoms with E-state index in [-0.39, 0.29) is 11.8 Å². The van der Waals surface area contributed by atoms with Crippen molar-refractivity contribution in [3.8, 4) is 0 Å². The van der Waals surface area contributed by atoms with Gasteiger partial charge in [0.2, 0.25) is 0 Å². The van der Waals surface area contributed by atoms with Crippen LogP contribution in [0.25, 0.3) is 10.8 Å². The van der Waals surface area contributed by atoms with Crippen molar-refractivity contribution >= 4 is 33.9 Å². The van der Waals surface area contributed by atoms with Gasteiger partial charge in [0.05, 0.1) is 4.99 Å². The van der Waals surface area contributed by atoms with E-state index in [0.717, 1.165) is 10.8 Å². The summed E-state index contributed by atoms with van der Waals surface area (Å²) in [6.07, 6.45) is 0. The zero-order chi connectivity index (χ0) is 14.7. The Hall–Kier alpha value is -1.94. The van der Waals surface area contributed by atoms with Crippen molar-refractivity contribution in [1.82, 2.24) is 4.90 Å². The molecular weight excluding hydrogens is 268 g/mol. The summed E-state index contributed by atoms with van der Waals surface area (Å²) in [6.45, 7) is 2.45. The fourth-order valence-electron chi connectivity index (χ4n) is 2.13. The Morgan fingerprint density at radius 1 is 1.25 bits per heavy atom. The fourth-order valence-corrected chi connectivity index (χ4v) is 2.20. The van der Waals surface area contributed by atoms with Crippen LogP contribution in [0, 0.1) is 5.92 Å². The van der Waals surface area contributed by atoms with Gasteiger partial charge in [-0.3, -0.25) is 4.79 Å². The van der Waals surface area contributed by atoms with Gasteiger partial charge in [0.1, 0.15) is 0 Å². The number of rotatable bonds is 4. The van der Waals surface area contributed by atoms with Crippen LogP contribution in [0.1, 0.15) is 17.3 Å². The number of thiocarbonyl (C=S) groups is 1. The van der Waals surface area contributed by atoms with Crippen molar-refractivity contribution < 1.29 is 4.79 Å². The molecule has 0 spiro atoms. The Labute approximate surface area is 124 Å². The minimum absolute atomic E-state index is 0.0133. The summed E-state index contributed by atoms with van der Waals surface area (Å²) >= 11 is 4.94. The molecule has 0 aliphatic carbocycles. The molecule has 1 amide bonds. The maximum Gasteiger partial charge on any atom is 0.253 e. The summed E-state index contributed by atoms with van der Waals surface area (Å²) in [6, 6.07) is 13.7. The van der Waals surface area contributed by atoms with Crippen molar-refractivity contribution in [2.75, 3.05) is 13.6 Å². The molecule has 4 heteroatoms. The Kier molecular flexibility index (Phi) is 4.35. The number of amides is 1. The van der Waals surface area contributed by atoms with Gasteiger partial charge in [-0.1, -0.05) is 49.5 Å². The molecule has 2 aromatic rings. The second-order valence-corrected chi connectivity index (χ2v) is 5.52. The third-order valence-corrected chi connectivity index (χ3v) is 3.78. The normalized spacial score (nSPS) is 12.1. The van der Waals surface area contributed by atoms with Crippen molar-refractivity contribution in [3.63, 3.8) is 0 Å². The lowest BCUT2D eigenvalue weighted by molar-refractivity contribution is 0.0787. The van der Waals surface area contributed by atoms with Crippen LogP contribution in [-0.2, 0) is 0 Å². The maximum atomic E-state index is 12.4. The molecule has 0 saturated carbocycles. The number of benzene rings is 2. The zero-order valence-corrected chi connectivity index (χ0v) is 12.5. The first-order chi connectivity index (χ1) is 9.49. The van der Waals surface area contributed by atoms with E-state index in [1.807, 2.05) is 49.4 Å². The minimum Gasteiger partial charge on any atom is -0.393 e. The number of carbonyl (C=O) groups excluding carboxylic acids is 1. The van der Waals surface area contributed by atoms with Crippen LogP contribution in [0.4, 0.5) is 0 Å². The molecule has 0 radical (unpaired) electrons. The lowest BCUT2D eigenvalue weighted by Crippen LogP contribution is -2.35. The van der Waals surface area contributed by atoms with Crippen LogP contribution in [0.2, 0.25) is 0 Å². The zero-order valence-electron chi connectivity index (χ0n) is 11.7. The third-order valence-electron chi connectivity index (χ3n) is 3.38.